The van der Waals surface area contributed by atoms with Crippen LogP contribution in [0.1, 0.15) is 28.1 Å². The second kappa shape index (κ2) is 8.75. The summed E-state index contributed by atoms with van der Waals surface area (Å²) in [5, 5.41) is 12.5. The summed E-state index contributed by atoms with van der Waals surface area (Å²) in [5.41, 5.74) is 4.40. The van der Waals surface area contributed by atoms with Crippen LogP contribution in [0.5, 0.6) is 0 Å². The van der Waals surface area contributed by atoms with Crippen molar-refractivity contribution in [1.82, 2.24) is 10.2 Å². The molecular formula is C23H24N4O2S. The monoisotopic (exact) mass is 420 g/mol. The fourth-order valence-corrected chi connectivity index (χ4v) is 4.28. The van der Waals surface area contributed by atoms with Crippen molar-refractivity contribution in [2.75, 3.05) is 16.8 Å². The predicted octanol–water partition coefficient (Wildman–Crippen LogP) is 3.93. The van der Waals surface area contributed by atoms with Crippen LogP contribution < -0.4 is 10.2 Å². The van der Waals surface area contributed by atoms with E-state index in [0.29, 0.717) is 11.7 Å². The van der Waals surface area contributed by atoms with Gasteiger partial charge in [-0.15, -0.1) is 10.2 Å². The van der Waals surface area contributed by atoms with E-state index < -0.39 is 5.92 Å². The lowest BCUT2D eigenvalue weighted by Gasteiger charge is -2.17. The van der Waals surface area contributed by atoms with E-state index in [1.54, 1.807) is 4.90 Å². The first-order valence-corrected chi connectivity index (χ1v) is 10.9. The number of amides is 2. The van der Waals surface area contributed by atoms with Crippen molar-refractivity contribution in [2.45, 2.75) is 33.1 Å². The number of carbonyl (C=O) groups is 2. The molecule has 1 saturated heterocycles. The standard InChI is InChI=1S/C23H24N4O2S/c1-15-8-10-19(12-16(15)2)27-14-18(13-21(27)28)22(29)24-23-26-25-20(30-23)11-9-17-6-4-3-5-7-17/h3-8,10,12,18H,9,11,13-14H2,1-2H3,(H,24,26,29). The van der Waals surface area contributed by atoms with Gasteiger partial charge >= 0.3 is 0 Å². The molecule has 7 heteroatoms. The summed E-state index contributed by atoms with van der Waals surface area (Å²) in [7, 11) is 0. The van der Waals surface area contributed by atoms with Crippen molar-refractivity contribution in [3.63, 3.8) is 0 Å². The molecule has 1 unspecified atom stereocenters. The first-order chi connectivity index (χ1) is 14.5. The number of anilines is 2. The van der Waals surface area contributed by atoms with Gasteiger partial charge in [-0.1, -0.05) is 47.7 Å². The first-order valence-electron chi connectivity index (χ1n) is 10.0. The van der Waals surface area contributed by atoms with E-state index in [1.165, 1.54) is 22.5 Å². The van der Waals surface area contributed by atoms with E-state index in [-0.39, 0.29) is 18.2 Å². The van der Waals surface area contributed by atoms with E-state index in [0.717, 1.165) is 29.1 Å². The Labute approximate surface area is 180 Å². The molecule has 0 spiro atoms. The van der Waals surface area contributed by atoms with E-state index in [1.807, 2.05) is 50.2 Å². The van der Waals surface area contributed by atoms with Crippen LogP contribution in [-0.2, 0) is 22.4 Å². The largest absolute Gasteiger partial charge is 0.312 e. The number of nitrogens with one attached hydrogen (secondary N) is 1. The minimum Gasteiger partial charge on any atom is -0.312 e. The maximum Gasteiger partial charge on any atom is 0.231 e. The molecule has 0 saturated carbocycles. The van der Waals surface area contributed by atoms with Gasteiger partial charge in [0.25, 0.3) is 0 Å². The molecule has 2 aromatic carbocycles. The zero-order valence-electron chi connectivity index (χ0n) is 17.1. The number of nitrogens with zero attached hydrogens (tertiary/aromatic N) is 3. The van der Waals surface area contributed by atoms with Crippen LogP contribution in [-0.4, -0.2) is 28.6 Å². The lowest BCUT2D eigenvalue weighted by atomic mass is 10.1. The molecule has 1 aliphatic rings. The summed E-state index contributed by atoms with van der Waals surface area (Å²) < 4.78 is 0. The fourth-order valence-electron chi connectivity index (χ4n) is 3.53. The summed E-state index contributed by atoms with van der Waals surface area (Å²) >= 11 is 1.39. The van der Waals surface area contributed by atoms with Crippen molar-refractivity contribution >= 4 is 34.0 Å². The van der Waals surface area contributed by atoms with Crippen LogP contribution >= 0.6 is 11.3 Å². The normalized spacial score (nSPS) is 16.1. The molecule has 1 aliphatic heterocycles. The van der Waals surface area contributed by atoms with Crippen molar-refractivity contribution in [2.24, 2.45) is 5.92 Å². The summed E-state index contributed by atoms with van der Waals surface area (Å²) in [6.45, 7) is 4.44. The van der Waals surface area contributed by atoms with Crippen LogP contribution in [0.25, 0.3) is 0 Å². The summed E-state index contributed by atoms with van der Waals surface area (Å²) in [6, 6.07) is 16.1. The molecule has 154 valence electrons. The number of hydrogen-bond donors (Lipinski definition) is 1. The Morgan fingerprint density at radius 3 is 2.67 bits per heavy atom. The fraction of sp³-hybridized carbons (Fsp3) is 0.304. The molecule has 30 heavy (non-hydrogen) atoms. The van der Waals surface area contributed by atoms with Crippen molar-refractivity contribution in [3.8, 4) is 0 Å². The smallest absolute Gasteiger partial charge is 0.231 e. The summed E-state index contributed by atoms with van der Waals surface area (Å²) in [6.07, 6.45) is 1.86. The zero-order valence-corrected chi connectivity index (χ0v) is 17.9. The molecule has 1 fully saturated rings. The molecule has 0 radical (unpaired) electrons. The van der Waals surface area contributed by atoms with Crippen molar-refractivity contribution in [1.29, 1.82) is 0 Å². The van der Waals surface area contributed by atoms with Crippen LogP contribution in [0.15, 0.2) is 48.5 Å². The molecular weight excluding hydrogens is 396 g/mol. The Morgan fingerprint density at radius 2 is 1.90 bits per heavy atom. The molecule has 1 atom stereocenters. The van der Waals surface area contributed by atoms with Crippen LogP contribution in [0.4, 0.5) is 10.8 Å². The van der Waals surface area contributed by atoms with Gasteiger partial charge in [-0.3, -0.25) is 9.59 Å². The third kappa shape index (κ3) is 4.57. The van der Waals surface area contributed by atoms with Gasteiger partial charge in [0.15, 0.2) is 0 Å². The number of aromatic nitrogens is 2. The minimum atomic E-state index is -0.393. The summed E-state index contributed by atoms with van der Waals surface area (Å²) in [5.74, 6) is -0.601. The number of aryl methyl sites for hydroxylation is 4. The average Bonchev–Trinajstić information content (AvgIpc) is 3.36. The van der Waals surface area contributed by atoms with Crippen molar-refractivity contribution in [3.05, 3.63) is 70.2 Å². The van der Waals surface area contributed by atoms with Crippen LogP contribution in [0.2, 0.25) is 0 Å². The van der Waals surface area contributed by atoms with E-state index >= 15 is 0 Å². The Morgan fingerprint density at radius 1 is 1.10 bits per heavy atom. The minimum absolute atomic E-state index is 0.0285. The van der Waals surface area contributed by atoms with Gasteiger partial charge in [-0.25, -0.2) is 0 Å². The third-order valence-electron chi connectivity index (χ3n) is 5.47. The lowest BCUT2D eigenvalue weighted by Crippen LogP contribution is -2.28. The molecule has 2 amide bonds. The molecule has 1 N–H and O–H groups in total. The summed E-state index contributed by atoms with van der Waals surface area (Å²) in [4.78, 5) is 26.9. The van der Waals surface area contributed by atoms with Gasteiger partial charge in [-0.05, 0) is 49.1 Å². The van der Waals surface area contributed by atoms with Crippen molar-refractivity contribution < 1.29 is 9.59 Å². The topological polar surface area (TPSA) is 75.2 Å². The second-order valence-corrected chi connectivity index (χ2v) is 8.71. The highest BCUT2D eigenvalue weighted by Gasteiger charge is 2.35. The Hall–Kier alpha value is -3.06. The van der Waals surface area contributed by atoms with Gasteiger partial charge < -0.3 is 10.2 Å². The SMILES string of the molecule is Cc1ccc(N2CC(C(=O)Nc3nnc(CCc4ccccc4)s3)CC2=O)cc1C. The maximum atomic E-state index is 12.7. The lowest BCUT2D eigenvalue weighted by molar-refractivity contribution is -0.122. The number of rotatable bonds is 6. The maximum absolute atomic E-state index is 12.7. The highest BCUT2D eigenvalue weighted by molar-refractivity contribution is 7.15. The van der Waals surface area contributed by atoms with Gasteiger partial charge in [0, 0.05) is 25.1 Å². The third-order valence-corrected chi connectivity index (χ3v) is 6.36. The molecule has 0 aliphatic carbocycles. The Kier molecular flexibility index (Phi) is 5.90. The first kappa shape index (κ1) is 20.2. The van der Waals surface area contributed by atoms with Gasteiger partial charge in [0.2, 0.25) is 16.9 Å². The Balaban J connectivity index is 1.34. The van der Waals surface area contributed by atoms with Crippen LogP contribution in [0, 0.1) is 19.8 Å². The predicted molar refractivity (Wildman–Crippen MR) is 119 cm³/mol. The molecule has 0 bridgehead atoms. The number of carbonyl (C=O) groups excluding carboxylic acids is 2. The molecule has 6 nitrogen and oxygen atoms in total. The van der Waals surface area contributed by atoms with Crippen LogP contribution in [0.3, 0.4) is 0 Å². The van der Waals surface area contributed by atoms with Gasteiger partial charge in [-0.2, -0.15) is 0 Å². The Bertz CT molecular complexity index is 1060. The number of benzene rings is 2. The molecule has 3 aromatic rings. The van der Waals surface area contributed by atoms with E-state index in [2.05, 4.69) is 27.6 Å². The van der Waals surface area contributed by atoms with Gasteiger partial charge in [0.1, 0.15) is 5.01 Å². The molecule has 1 aromatic heterocycles. The molecule has 4 rings (SSSR count). The second-order valence-electron chi connectivity index (χ2n) is 7.65. The quantitative estimate of drug-likeness (QED) is 0.656. The zero-order chi connectivity index (χ0) is 21.1. The number of hydrogen-bond acceptors (Lipinski definition) is 5. The highest BCUT2D eigenvalue weighted by Crippen LogP contribution is 2.28. The average molecular weight is 421 g/mol. The highest BCUT2D eigenvalue weighted by atomic mass is 32.1. The molecule has 2 heterocycles. The van der Waals surface area contributed by atoms with E-state index in [4.69, 9.17) is 0 Å². The van der Waals surface area contributed by atoms with E-state index in [9.17, 15) is 9.59 Å². The van der Waals surface area contributed by atoms with Gasteiger partial charge in [0.05, 0.1) is 5.92 Å².